The van der Waals surface area contributed by atoms with E-state index < -0.39 is 65.9 Å². The zero-order valence-electron chi connectivity index (χ0n) is 15.4. The van der Waals surface area contributed by atoms with E-state index in [9.17, 15) is 38.4 Å². The maximum atomic E-state index is 12.0. The normalized spacial score (nSPS) is 28.2. The minimum Gasteiger partial charge on any atom is -0.387 e. The molecule has 1 aliphatic heterocycles. The number of nitrogens with one attached hydrogen (secondary N) is 1. The maximum Gasteiger partial charge on any atom is 0.490 e. The molecule has 1 aliphatic rings. The Morgan fingerprint density at radius 2 is 1.68 bits per heavy atom. The molecule has 1 saturated heterocycles. The predicted octanol–water partition coefficient (Wildman–Crippen LogP) is -1.94. The molecule has 1 fully saturated rings. The van der Waals surface area contributed by atoms with Crippen molar-refractivity contribution in [1.82, 2.24) is 9.55 Å². The number of aliphatic hydroxyl groups excluding tert-OH is 2. The SMILES string of the molecule is CCc1cn([C@@H]2O[C@H](COP(=O)(O)OP(=O)(O)OP(=O)(O)O)[C@@H](O)[C@H]2O)c(=O)[nH]c1=O. The fraction of sp³-hybridized carbons (Fsp3) is 0.636. The Morgan fingerprint density at radius 3 is 2.23 bits per heavy atom. The van der Waals surface area contributed by atoms with E-state index >= 15 is 0 Å². The van der Waals surface area contributed by atoms with Crippen LogP contribution in [0.15, 0.2) is 15.8 Å². The first kappa shape index (κ1) is 26.2. The van der Waals surface area contributed by atoms with E-state index in [-0.39, 0.29) is 12.0 Å². The van der Waals surface area contributed by atoms with Gasteiger partial charge in [0.05, 0.1) is 6.61 Å². The molecule has 178 valence electrons. The van der Waals surface area contributed by atoms with Gasteiger partial charge in [0.1, 0.15) is 18.3 Å². The van der Waals surface area contributed by atoms with E-state index in [0.29, 0.717) is 0 Å². The minimum absolute atomic E-state index is 0.154. The minimum atomic E-state index is -5.74. The Kier molecular flexibility index (Phi) is 7.99. The van der Waals surface area contributed by atoms with Crippen LogP contribution in [0.2, 0.25) is 0 Å². The van der Waals surface area contributed by atoms with Crippen molar-refractivity contribution < 1.29 is 61.4 Å². The summed E-state index contributed by atoms with van der Waals surface area (Å²) in [5.74, 6) is 0. The number of aliphatic hydroxyl groups is 2. The summed E-state index contributed by atoms with van der Waals surface area (Å²) in [4.78, 5) is 61.1. The van der Waals surface area contributed by atoms with Crippen molar-refractivity contribution in [2.24, 2.45) is 0 Å². The Balaban J connectivity index is 2.12. The lowest BCUT2D eigenvalue weighted by atomic mass is 10.1. The van der Waals surface area contributed by atoms with Gasteiger partial charge in [-0.15, -0.1) is 0 Å². The lowest BCUT2D eigenvalue weighted by molar-refractivity contribution is -0.0543. The zero-order chi connectivity index (χ0) is 23.8. The quantitative estimate of drug-likeness (QED) is 0.177. The molecule has 6 atom stereocenters. The molecule has 2 unspecified atom stereocenters. The molecule has 1 aromatic heterocycles. The number of phosphoric ester groups is 1. The van der Waals surface area contributed by atoms with Crippen LogP contribution in [0.4, 0.5) is 0 Å². The fourth-order valence-corrected chi connectivity index (χ4v) is 5.57. The van der Waals surface area contributed by atoms with Crippen LogP contribution in [-0.2, 0) is 38.0 Å². The summed E-state index contributed by atoms with van der Waals surface area (Å²) in [6.45, 7) is 0.572. The molecule has 0 aromatic carbocycles. The second-order valence-corrected chi connectivity index (χ2v) is 10.5. The van der Waals surface area contributed by atoms with Gasteiger partial charge in [-0.3, -0.25) is 18.9 Å². The van der Waals surface area contributed by atoms with Crippen molar-refractivity contribution in [3.63, 3.8) is 0 Å². The van der Waals surface area contributed by atoms with Gasteiger partial charge in [0.25, 0.3) is 5.56 Å². The number of rotatable bonds is 9. The average Bonchev–Trinajstić information content (AvgIpc) is 2.85. The summed E-state index contributed by atoms with van der Waals surface area (Å²) < 4.78 is 51.0. The summed E-state index contributed by atoms with van der Waals surface area (Å²) in [6, 6.07) is 0. The summed E-state index contributed by atoms with van der Waals surface area (Å²) >= 11 is 0. The van der Waals surface area contributed by atoms with Gasteiger partial charge in [-0.05, 0) is 6.42 Å². The molecule has 1 aromatic rings. The number of H-pyrrole nitrogens is 1. The molecule has 0 spiro atoms. The molecular weight excluding hydrogens is 493 g/mol. The van der Waals surface area contributed by atoms with E-state index in [2.05, 4.69) is 13.1 Å². The van der Waals surface area contributed by atoms with Crippen molar-refractivity contribution in [2.45, 2.75) is 37.9 Å². The number of nitrogens with zero attached hydrogens (tertiary/aromatic N) is 1. The van der Waals surface area contributed by atoms with E-state index in [1.807, 2.05) is 4.98 Å². The van der Waals surface area contributed by atoms with Gasteiger partial charge in [0.15, 0.2) is 6.23 Å². The number of phosphoric acid groups is 3. The van der Waals surface area contributed by atoms with Gasteiger partial charge in [0.2, 0.25) is 0 Å². The van der Waals surface area contributed by atoms with Gasteiger partial charge in [-0.1, -0.05) is 6.92 Å². The fourth-order valence-electron chi connectivity index (χ4n) is 2.54. The van der Waals surface area contributed by atoms with Crippen molar-refractivity contribution in [3.8, 4) is 0 Å². The summed E-state index contributed by atoms with van der Waals surface area (Å²) in [6.07, 6.45) is -5.36. The van der Waals surface area contributed by atoms with Gasteiger partial charge in [-0.25, -0.2) is 18.5 Å². The number of aryl methyl sites for hydroxylation is 1. The molecule has 0 saturated carbocycles. The third-order valence-electron chi connectivity index (χ3n) is 3.85. The Hall–Kier alpha value is -1.03. The first-order valence-corrected chi connectivity index (χ1v) is 12.7. The smallest absolute Gasteiger partial charge is 0.387 e. The first-order valence-electron chi connectivity index (χ1n) is 8.19. The van der Waals surface area contributed by atoms with Crippen molar-refractivity contribution in [3.05, 3.63) is 32.6 Å². The number of aromatic amines is 1. The second kappa shape index (κ2) is 9.45. The topological polar surface area (TPSA) is 264 Å². The van der Waals surface area contributed by atoms with Crippen LogP contribution in [0.5, 0.6) is 0 Å². The monoisotopic (exact) mass is 512 g/mol. The summed E-state index contributed by atoms with van der Waals surface area (Å²) in [5.41, 5.74) is -1.49. The second-order valence-electron chi connectivity index (χ2n) is 6.11. The zero-order valence-corrected chi connectivity index (χ0v) is 18.1. The first-order chi connectivity index (χ1) is 14.1. The standard InChI is InChI=1S/C11H19N2O15P3/c1-2-5-3-13(11(17)12-9(5)16)10-8(15)7(14)6(26-10)4-25-30(21,22)28-31(23,24)27-29(18,19)20/h3,6-8,10,14-15H,2,4H2,1H3,(H,21,22)(H,23,24)(H,12,16,17)(H2,18,19,20)/t6-,7-,8-,10-/m1/s1. The molecule has 2 heterocycles. The highest BCUT2D eigenvalue weighted by atomic mass is 31.3. The predicted molar refractivity (Wildman–Crippen MR) is 96.4 cm³/mol. The van der Waals surface area contributed by atoms with Gasteiger partial charge in [-0.2, -0.15) is 8.62 Å². The van der Waals surface area contributed by atoms with E-state index in [4.69, 9.17) is 19.4 Å². The summed E-state index contributed by atoms with van der Waals surface area (Å²) in [7, 11) is -16.8. The summed E-state index contributed by atoms with van der Waals surface area (Å²) in [5, 5.41) is 20.2. The number of ether oxygens (including phenoxy) is 1. The highest BCUT2D eigenvalue weighted by Gasteiger charge is 2.46. The Bertz CT molecular complexity index is 1060. The number of hydrogen-bond acceptors (Lipinski definition) is 11. The molecule has 0 aliphatic carbocycles. The van der Waals surface area contributed by atoms with Crippen LogP contribution >= 0.6 is 23.5 Å². The number of aromatic nitrogens is 2. The van der Waals surface area contributed by atoms with Crippen LogP contribution in [0.1, 0.15) is 18.7 Å². The molecule has 7 N–H and O–H groups in total. The number of hydrogen-bond donors (Lipinski definition) is 7. The molecule has 0 bridgehead atoms. The lowest BCUT2D eigenvalue weighted by Crippen LogP contribution is -2.38. The maximum absolute atomic E-state index is 12.0. The molecule has 20 heteroatoms. The lowest BCUT2D eigenvalue weighted by Gasteiger charge is -2.19. The average molecular weight is 512 g/mol. The third kappa shape index (κ3) is 6.97. The van der Waals surface area contributed by atoms with E-state index in [1.165, 1.54) is 0 Å². The molecule has 17 nitrogen and oxygen atoms in total. The Labute approximate surface area is 172 Å². The van der Waals surface area contributed by atoms with Crippen LogP contribution < -0.4 is 11.2 Å². The van der Waals surface area contributed by atoms with E-state index in [1.54, 1.807) is 6.92 Å². The van der Waals surface area contributed by atoms with Crippen LogP contribution in [0, 0.1) is 0 Å². The van der Waals surface area contributed by atoms with Crippen LogP contribution in [0.3, 0.4) is 0 Å². The Morgan fingerprint density at radius 1 is 1.06 bits per heavy atom. The van der Waals surface area contributed by atoms with Crippen molar-refractivity contribution >= 4 is 23.5 Å². The largest absolute Gasteiger partial charge is 0.490 e. The third-order valence-corrected chi connectivity index (χ3v) is 7.65. The molecule has 2 rings (SSSR count). The molecule has 31 heavy (non-hydrogen) atoms. The molecular formula is C11H19N2O15P3. The van der Waals surface area contributed by atoms with Gasteiger partial charge in [0, 0.05) is 11.8 Å². The molecule has 0 radical (unpaired) electrons. The van der Waals surface area contributed by atoms with Crippen LogP contribution in [0.25, 0.3) is 0 Å². The van der Waals surface area contributed by atoms with Crippen molar-refractivity contribution in [2.75, 3.05) is 6.61 Å². The van der Waals surface area contributed by atoms with Crippen LogP contribution in [-0.4, -0.2) is 64.3 Å². The van der Waals surface area contributed by atoms with Gasteiger partial charge >= 0.3 is 29.2 Å². The highest BCUT2D eigenvalue weighted by Crippen LogP contribution is 2.66. The molecule has 0 amide bonds. The highest BCUT2D eigenvalue weighted by molar-refractivity contribution is 7.66. The van der Waals surface area contributed by atoms with E-state index in [0.717, 1.165) is 10.8 Å². The van der Waals surface area contributed by atoms with Gasteiger partial charge < -0.3 is 34.5 Å². The van der Waals surface area contributed by atoms with Crippen molar-refractivity contribution in [1.29, 1.82) is 0 Å².